The van der Waals surface area contributed by atoms with Crippen molar-refractivity contribution in [3.63, 3.8) is 0 Å². The summed E-state index contributed by atoms with van der Waals surface area (Å²) in [6.45, 7) is 1.73. The smallest absolute Gasteiger partial charge is 0.220 e. The molecule has 3 rings (SSSR count). The summed E-state index contributed by atoms with van der Waals surface area (Å²) in [4.78, 5) is 13.4. The van der Waals surface area contributed by atoms with Gasteiger partial charge >= 0.3 is 0 Å². The average molecular weight is 1280 g/mol. The van der Waals surface area contributed by atoms with Gasteiger partial charge in [-0.3, -0.25) is 4.79 Å². The molecule has 19 heteroatoms. The van der Waals surface area contributed by atoms with E-state index in [-0.39, 0.29) is 18.9 Å². The summed E-state index contributed by atoms with van der Waals surface area (Å²) in [6.07, 6.45) is 36.6. The van der Waals surface area contributed by atoms with Crippen LogP contribution in [0, 0.1) is 0 Å². The maximum absolute atomic E-state index is 13.4. The Morgan fingerprint density at radius 2 is 0.711 bits per heavy atom. The molecular weight excluding hydrogens is 1150 g/mol. The topological polar surface area (TPSA) is 307 Å². The van der Waals surface area contributed by atoms with E-state index in [0.717, 1.165) is 44.9 Å². The molecule has 90 heavy (non-hydrogen) atoms. The third-order valence-electron chi connectivity index (χ3n) is 17.8. The van der Waals surface area contributed by atoms with Crippen molar-refractivity contribution in [3.05, 3.63) is 48.6 Å². The number of unbranched alkanes of at least 4 members (excludes halogenated alkanes) is 33. The Bertz CT molecular complexity index is 1820. The molecule has 0 spiro atoms. The van der Waals surface area contributed by atoms with Crippen LogP contribution in [0.4, 0.5) is 0 Å². The number of carbonyl (C=O) groups is 1. The Morgan fingerprint density at radius 3 is 1.11 bits per heavy atom. The van der Waals surface area contributed by atoms with Gasteiger partial charge in [-0.1, -0.05) is 236 Å². The fraction of sp³-hybridized carbons (Fsp3) is 0.873. The molecular formula is C71H129NO18. The number of amides is 1. The Morgan fingerprint density at radius 1 is 0.389 bits per heavy atom. The van der Waals surface area contributed by atoms with Crippen LogP contribution >= 0.6 is 0 Å². The number of aliphatic hydroxyl groups excluding tert-OH is 11. The normalized spacial score (nSPS) is 28.3. The number of carbonyl (C=O) groups excluding carboxylic acids is 1. The highest BCUT2D eigenvalue weighted by Gasteiger charge is 2.53. The number of ether oxygens (including phenoxy) is 6. The minimum Gasteiger partial charge on any atom is -0.394 e. The maximum atomic E-state index is 13.4. The van der Waals surface area contributed by atoms with Crippen molar-refractivity contribution >= 4 is 5.91 Å². The van der Waals surface area contributed by atoms with Gasteiger partial charge in [-0.05, 0) is 70.6 Å². The van der Waals surface area contributed by atoms with E-state index in [2.05, 4.69) is 55.6 Å². The number of hydrogen-bond acceptors (Lipinski definition) is 18. The second-order valence-corrected chi connectivity index (χ2v) is 25.7. The number of rotatable bonds is 55. The van der Waals surface area contributed by atoms with Gasteiger partial charge < -0.3 is 89.9 Å². The van der Waals surface area contributed by atoms with Gasteiger partial charge in [-0.2, -0.15) is 0 Å². The van der Waals surface area contributed by atoms with Gasteiger partial charge in [0.05, 0.1) is 38.6 Å². The van der Waals surface area contributed by atoms with E-state index >= 15 is 0 Å². The van der Waals surface area contributed by atoms with Crippen molar-refractivity contribution in [3.8, 4) is 0 Å². The first-order valence-electron chi connectivity index (χ1n) is 35.9. The highest BCUT2D eigenvalue weighted by Crippen LogP contribution is 2.33. The lowest BCUT2D eigenvalue weighted by Gasteiger charge is -2.48. The standard InChI is InChI=1S/C71H129NO18/c1-3-5-7-9-11-13-15-17-19-21-23-25-27-29-31-33-35-37-39-41-43-45-47-49-59(77)72-54(55(76)48-46-44-42-40-38-36-34-32-30-28-26-24-22-20-18-16-14-12-10-8-6-4-2)53-85-69-65(83)62(80)67(57(51-74)87-69)90-71-66(84)63(81)68(58(52-75)88-71)89-70-64(82)61(79)60(78)56(50-73)86-70/h21,23,30,32,38,40,46,48,54-58,60-71,73-76,78-84H,3-20,22,24-29,31,33-37,39,41-45,47,49-53H2,1-2H3,(H,72,77)/b23-21-,32-30+,40-38+,48-46+. The van der Waals surface area contributed by atoms with E-state index in [4.69, 9.17) is 28.4 Å². The maximum Gasteiger partial charge on any atom is 0.220 e. The summed E-state index contributed by atoms with van der Waals surface area (Å²) in [7, 11) is 0. The second kappa shape index (κ2) is 53.0. The molecule has 0 aromatic heterocycles. The van der Waals surface area contributed by atoms with E-state index in [1.54, 1.807) is 6.08 Å². The van der Waals surface area contributed by atoms with Gasteiger partial charge in [-0.25, -0.2) is 0 Å². The van der Waals surface area contributed by atoms with Crippen LogP contribution in [0.3, 0.4) is 0 Å². The van der Waals surface area contributed by atoms with Crippen molar-refractivity contribution in [1.29, 1.82) is 0 Å². The zero-order chi connectivity index (χ0) is 65.4. The molecule has 3 saturated heterocycles. The van der Waals surface area contributed by atoms with Gasteiger partial charge in [0.2, 0.25) is 5.91 Å². The molecule has 3 heterocycles. The van der Waals surface area contributed by atoms with Crippen LogP contribution in [0.15, 0.2) is 48.6 Å². The molecule has 17 unspecified atom stereocenters. The molecule has 0 aromatic carbocycles. The number of allylic oxidation sites excluding steroid dienone is 7. The van der Waals surface area contributed by atoms with Gasteiger partial charge in [0.25, 0.3) is 0 Å². The Labute approximate surface area is 542 Å². The van der Waals surface area contributed by atoms with Crippen LogP contribution in [0.2, 0.25) is 0 Å². The predicted octanol–water partition coefficient (Wildman–Crippen LogP) is 9.78. The molecule has 3 aliphatic heterocycles. The molecule has 3 aliphatic rings. The monoisotopic (exact) mass is 1280 g/mol. The number of nitrogens with one attached hydrogen (secondary N) is 1. The first-order chi connectivity index (χ1) is 43.8. The summed E-state index contributed by atoms with van der Waals surface area (Å²) < 4.78 is 34.3. The van der Waals surface area contributed by atoms with E-state index in [1.807, 2.05) is 6.08 Å². The van der Waals surface area contributed by atoms with Crippen molar-refractivity contribution in [2.24, 2.45) is 0 Å². The Kier molecular flexibility index (Phi) is 48.2. The molecule has 0 aromatic rings. The van der Waals surface area contributed by atoms with Gasteiger partial charge in [0.15, 0.2) is 18.9 Å². The van der Waals surface area contributed by atoms with Crippen molar-refractivity contribution < 1.29 is 89.4 Å². The number of hydrogen-bond donors (Lipinski definition) is 12. The Hall–Kier alpha value is -2.25. The van der Waals surface area contributed by atoms with Crippen LogP contribution in [0.5, 0.6) is 0 Å². The second-order valence-electron chi connectivity index (χ2n) is 25.7. The minimum absolute atomic E-state index is 0.231. The molecule has 19 nitrogen and oxygen atoms in total. The molecule has 0 bridgehead atoms. The zero-order valence-corrected chi connectivity index (χ0v) is 55.6. The molecule has 0 saturated carbocycles. The lowest BCUT2D eigenvalue weighted by Crippen LogP contribution is -2.66. The summed E-state index contributed by atoms with van der Waals surface area (Å²) in [6, 6.07) is -0.998. The SMILES string of the molecule is CCCCCCCCCC/C=C\CCCCCCCCCCCCCC(=O)NC(COC1OC(CO)C(OC2OC(CO)C(OC3OC(CO)C(O)C(O)C3O)C(O)C2O)C(O)C1O)C(O)/C=C/CC/C=C/CC/C=C/CCCCCCCCCCCCCC. The highest BCUT2D eigenvalue weighted by molar-refractivity contribution is 5.76. The fourth-order valence-corrected chi connectivity index (χ4v) is 12.0. The van der Waals surface area contributed by atoms with E-state index in [9.17, 15) is 61.0 Å². The molecule has 17 atom stereocenters. The van der Waals surface area contributed by atoms with E-state index in [1.165, 1.54) is 186 Å². The fourth-order valence-electron chi connectivity index (χ4n) is 12.0. The molecule has 0 radical (unpaired) electrons. The summed E-state index contributed by atoms with van der Waals surface area (Å²) in [5, 5.41) is 121. The summed E-state index contributed by atoms with van der Waals surface area (Å²) in [5.74, 6) is -0.289. The largest absolute Gasteiger partial charge is 0.394 e. The molecule has 12 N–H and O–H groups in total. The first kappa shape index (κ1) is 82.0. The van der Waals surface area contributed by atoms with Crippen LogP contribution < -0.4 is 5.32 Å². The van der Waals surface area contributed by atoms with Gasteiger partial charge in [0.1, 0.15) is 73.2 Å². The van der Waals surface area contributed by atoms with E-state index in [0.29, 0.717) is 12.8 Å². The average Bonchev–Trinajstić information content (AvgIpc) is 0.865. The van der Waals surface area contributed by atoms with Crippen LogP contribution in [-0.2, 0) is 33.2 Å². The van der Waals surface area contributed by atoms with Crippen molar-refractivity contribution in [2.75, 3.05) is 26.4 Å². The Balaban J connectivity index is 1.45. The molecule has 3 fully saturated rings. The van der Waals surface area contributed by atoms with E-state index < -0.39 is 124 Å². The minimum atomic E-state index is -1.98. The molecule has 1 amide bonds. The van der Waals surface area contributed by atoms with Crippen LogP contribution in [-0.4, -0.2) is 193 Å². The zero-order valence-electron chi connectivity index (χ0n) is 55.6. The molecule has 0 aliphatic carbocycles. The predicted molar refractivity (Wildman–Crippen MR) is 351 cm³/mol. The van der Waals surface area contributed by atoms with Crippen molar-refractivity contribution in [2.45, 2.75) is 369 Å². The van der Waals surface area contributed by atoms with Crippen molar-refractivity contribution in [1.82, 2.24) is 5.32 Å². The lowest BCUT2D eigenvalue weighted by molar-refractivity contribution is -0.379. The van der Waals surface area contributed by atoms with Crippen LogP contribution in [0.25, 0.3) is 0 Å². The third kappa shape index (κ3) is 34.4. The summed E-state index contributed by atoms with van der Waals surface area (Å²) >= 11 is 0. The summed E-state index contributed by atoms with van der Waals surface area (Å²) in [5.41, 5.74) is 0. The third-order valence-corrected chi connectivity index (χ3v) is 17.8. The molecule has 526 valence electrons. The van der Waals surface area contributed by atoms with Crippen LogP contribution in [0.1, 0.15) is 264 Å². The highest BCUT2D eigenvalue weighted by atomic mass is 16.8. The quantitative estimate of drug-likeness (QED) is 0.0199. The van der Waals surface area contributed by atoms with Gasteiger partial charge in [-0.15, -0.1) is 0 Å². The first-order valence-corrected chi connectivity index (χ1v) is 35.9. The van der Waals surface area contributed by atoms with Gasteiger partial charge in [0, 0.05) is 6.42 Å². The number of aliphatic hydroxyl groups is 11. The lowest BCUT2D eigenvalue weighted by atomic mass is 9.96.